The molecular weight excluding hydrogens is 277 g/mol. The molecule has 1 rings (SSSR count). The van der Waals surface area contributed by atoms with E-state index in [1.807, 2.05) is 0 Å². The maximum Gasteiger partial charge on any atom is 0.307 e. The lowest BCUT2D eigenvalue weighted by Gasteiger charge is -2.17. The van der Waals surface area contributed by atoms with Gasteiger partial charge in [-0.15, -0.1) is 0 Å². The number of amides is 1. The smallest absolute Gasteiger partial charge is 0.307 e. The van der Waals surface area contributed by atoms with E-state index in [1.165, 1.54) is 14.0 Å². The second kappa shape index (κ2) is 6.61. The minimum Gasteiger partial charge on any atom is -0.469 e. The molecule has 6 heteroatoms. The lowest BCUT2D eigenvalue weighted by atomic mass is 10.0. The van der Waals surface area contributed by atoms with Crippen LogP contribution in [0.25, 0.3) is 0 Å². The summed E-state index contributed by atoms with van der Waals surface area (Å²) in [6.45, 7) is 1.37. The summed E-state index contributed by atoms with van der Waals surface area (Å²) in [5, 5.41) is 3.54. The third-order valence-electron chi connectivity index (χ3n) is 2.26. The zero-order chi connectivity index (χ0) is 13.7. The number of nitrogens with one attached hydrogen (secondary N) is 1. The Labute approximate surface area is 115 Å². The summed E-state index contributed by atoms with van der Waals surface area (Å²) in [6, 6.07) is 4.37. The third-order valence-corrected chi connectivity index (χ3v) is 2.70. The van der Waals surface area contributed by atoms with Gasteiger partial charge < -0.3 is 10.1 Å². The number of esters is 1. The molecule has 1 N–H and O–H groups in total. The van der Waals surface area contributed by atoms with Crippen LogP contribution in [-0.4, -0.2) is 19.0 Å². The van der Waals surface area contributed by atoms with E-state index >= 15 is 0 Å². The average Bonchev–Trinajstić information content (AvgIpc) is 2.26. The SMILES string of the molecule is COC(=O)C[C@@H](NC(C)=O)c1cc(Cl)cc(Cl)c1. The summed E-state index contributed by atoms with van der Waals surface area (Å²) in [7, 11) is 1.29. The third kappa shape index (κ3) is 4.55. The van der Waals surface area contributed by atoms with E-state index in [0.29, 0.717) is 15.6 Å². The molecule has 0 fully saturated rings. The maximum absolute atomic E-state index is 11.3. The van der Waals surface area contributed by atoms with Gasteiger partial charge in [0.2, 0.25) is 5.91 Å². The van der Waals surface area contributed by atoms with Gasteiger partial charge in [-0.2, -0.15) is 0 Å². The predicted octanol–water partition coefficient (Wildman–Crippen LogP) is 2.73. The quantitative estimate of drug-likeness (QED) is 0.867. The molecule has 0 saturated carbocycles. The molecule has 18 heavy (non-hydrogen) atoms. The lowest BCUT2D eigenvalue weighted by molar-refractivity contribution is -0.141. The summed E-state index contributed by atoms with van der Waals surface area (Å²) in [4.78, 5) is 22.4. The zero-order valence-electron chi connectivity index (χ0n) is 10.00. The molecule has 1 aromatic carbocycles. The van der Waals surface area contributed by atoms with Crippen molar-refractivity contribution >= 4 is 35.1 Å². The Hall–Kier alpha value is -1.26. The fourth-order valence-electron chi connectivity index (χ4n) is 1.52. The molecular formula is C12H13Cl2NO3. The fraction of sp³-hybridized carbons (Fsp3) is 0.333. The van der Waals surface area contributed by atoms with E-state index in [-0.39, 0.29) is 12.3 Å². The van der Waals surface area contributed by atoms with Gasteiger partial charge >= 0.3 is 5.97 Å². The van der Waals surface area contributed by atoms with E-state index in [9.17, 15) is 9.59 Å². The summed E-state index contributed by atoms with van der Waals surface area (Å²) in [6.07, 6.45) is 0.0206. The molecule has 0 heterocycles. The van der Waals surface area contributed by atoms with Crippen molar-refractivity contribution in [3.63, 3.8) is 0 Å². The molecule has 0 aliphatic heterocycles. The zero-order valence-corrected chi connectivity index (χ0v) is 11.5. The second-order valence-electron chi connectivity index (χ2n) is 3.74. The van der Waals surface area contributed by atoms with Gasteiger partial charge in [0.25, 0.3) is 0 Å². The molecule has 0 aromatic heterocycles. The minimum absolute atomic E-state index is 0.0206. The molecule has 0 spiro atoms. The van der Waals surface area contributed by atoms with Crippen LogP contribution in [-0.2, 0) is 14.3 Å². The van der Waals surface area contributed by atoms with Crippen molar-refractivity contribution < 1.29 is 14.3 Å². The summed E-state index contributed by atoms with van der Waals surface area (Å²) >= 11 is 11.8. The van der Waals surface area contributed by atoms with Crippen LogP contribution in [0.3, 0.4) is 0 Å². The van der Waals surface area contributed by atoms with Crippen LogP contribution >= 0.6 is 23.2 Å². The standard InChI is InChI=1S/C12H13Cl2NO3/c1-7(16)15-11(6-12(17)18-2)8-3-9(13)5-10(14)4-8/h3-5,11H,6H2,1-2H3,(H,15,16)/t11-/m1/s1. The number of carbonyl (C=O) groups excluding carboxylic acids is 2. The topological polar surface area (TPSA) is 55.4 Å². The lowest BCUT2D eigenvalue weighted by Crippen LogP contribution is -2.28. The summed E-state index contributed by atoms with van der Waals surface area (Å²) < 4.78 is 4.59. The van der Waals surface area contributed by atoms with Gasteiger partial charge in [-0.05, 0) is 23.8 Å². The van der Waals surface area contributed by atoms with Crippen molar-refractivity contribution in [2.24, 2.45) is 0 Å². The van der Waals surface area contributed by atoms with Crippen LogP contribution in [0.1, 0.15) is 24.9 Å². The Kier molecular flexibility index (Phi) is 5.44. The summed E-state index contributed by atoms with van der Waals surface area (Å²) in [5.74, 6) is -0.676. The van der Waals surface area contributed by atoms with Crippen LogP contribution in [0, 0.1) is 0 Å². The first-order valence-electron chi connectivity index (χ1n) is 5.22. The number of hydrogen-bond acceptors (Lipinski definition) is 3. The highest BCUT2D eigenvalue weighted by Crippen LogP contribution is 2.25. The van der Waals surface area contributed by atoms with Crippen LogP contribution < -0.4 is 5.32 Å². The Morgan fingerprint density at radius 2 is 1.83 bits per heavy atom. The van der Waals surface area contributed by atoms with Crippen molar-refractivity contribution in [3.05, 3.63) is 33.8 Å². The largest absolute Gasteiger partial charge is 0.469 e. The van der Waals surface area contributed by atoms with Gasteiger partial charge in [-0.1, -0.05) is 23.2 Å². The molecule has 0 saturated heterocycles. The van der Waals surface area contributed by atoms with Gasteiger partial charge in [-0.25, -0.2) is 0 Å². The molecule has 0 radical (unpaired) electrons. The van der Waals surface area contributed by atoms with Gasteiger partial charge in [0, 0.05) is 17.0 Å². The Balaban J connectivity index is 3.00. The van der Waals surface area contributed by atoms with E-state index < -0.39 is 12.0 Å². The van der Waals surface area contributed by atoms with Gasteiger partial charge in [0.1, 0.15) is 0 Å². The number of benzene rings is 1. The number of rotatable bonds is 4. The van der Waals surface area contributed by atoms with Crippen LogP contribution in [0.15, 0.2) is 18.2 Å². The van der Waals surface area contributed by atoms with Gasteiger partial charge in [0.05, 0.1) is 19.6 Å². The second-order valence-corrected chi connectivity index (χ2v) is 4.61. The van der Waals surface area contributed by atoms with Crippen molar-refractivity contribution in [2.75, 3.05) is 7.11 Å². The number of hydrogen-bond donors (Lipinski definition) is 1. The van der Waals surface area contributed by atoms with E-state index in [2.05, 4.69) is 10.1 Å². The molecule has 98 valence electrons. The van der Waals surface area contributed by atoms with Crippen molar-refractivity contribution in [2.45, 2.75) is 19.4 Å². The van der Waals surface area contributed by atoms with E-state index in [1.54, 1.807) is 18.2 Å². The maximum atomic E-state index is 11.3. The predicted molar refractivity (Wildman–Crippen MR) is 69.7 cm³/mol. The minimum atomic E-state index is -0.508. The van der Waals surface area contributed by atoms with Crippen molar-refractivity contribution in [1.29, 1.82) is 0 Å². The highest BCUT2D eigenvalue weighted by Gasteiger charge is 2.18. The molecule has 1 aromatic rings. The molecule has 1 amide bonds. The Morgan fingerprint density at radius 3 is 2.28 bits per heavy atom. The van der Waals surface area contributed by atoms with Crippen molar-refractivity contribution in [3.8, 4) is 0 Å². The molecule has 4 nitrogen and oxygen atoms in total. The summed E-state index contributed by atoms with van der Waals surface area (Å²) in [5.41, 5.74) is 0.660. The van der Waals surface area contributed by atoms with Crippen molar-refractivity contribution in [1.82, 2.24) is 5.32 Å². The van der Waals surface area contributed by atoms with Crippen LogP contribution in [0.4, 0.5) is 0 Å². The Bertz CT molecular complexity index is 442. The number of carbonyl (C=O) groups is 2. The highest BCUT2D eigenvalue weighted by atomic mass is 35.5. The van der Waals surface area contributed by atoms with Crippen LogP contribution in [0.5, 0.6) is 0 Å². The number of halogens is 2. The first-order valence-corrected chi connectivity index (χ1v) is 5.98. The molecule has 0 aliphatic rings. The first kappa shape index (κ1) is 14.8. The number of ether oxygens (including phenoxy) is 1. The molecule has 0 unspecified atom stereocenters. The average molecular weight is 290 g/mol. The van der Waals surface area contributed by atoms with Gasteiger partial charge in [0.15, 0.2) is 0 Å². The molecule has 0 bridgehead atoms. The first-order chi connectivity index (χ1) is 8.42. The molecule has 1 atom stereocenters. The monoisotopic (exact) mass is 289 g/mol. The number of methoxy groups -OCH3 is 1. The van der Waals surface area contributed by atoms with Crippen LogP contribution in [0.2, 0.25) is 10.0 Å². The van der Waals surface area contributed by atoms with Gasteiger partial charge in [-0.3, -0.25) is 9.59 Å². The van der Waals surface area contributed by atoms with E-state index in [0.717, 1.165) is 0 Å². The fourth-order valence-corrected chi connectivity index (χ4v) is 2.07. The van der Waals surface area contributed by atoms with E-state index in [4.69, 9.17) is 23.2 Å². The highest BCUT2D eigenvalue weighted by molar-refractivity contribution is 6.34. The Morgan fingerprint density at radius 1 is 1.28 bits per heavy atom. The normalized spacial score (nSPS) is 11.8. The molecule has 0 aliphatic carbocycles.